The molecular formula is C25H20F2N6OS. The molecule has 1 amide bonds. The predicted octanol–water partition coefficient (Wildman–Crippen LogP) is 4.64. The number of halogens is 2. The summed E-state index contributed by atoms with van der Waals surface area (Å²) < 4.78 is 30.5. The second kappa shape index (κ2) is 8.38. The predicted molar refractivity (Wildman–Crippen MR) is 131 cm³/mol. The second-order valence-electron chi connectivity index (χ2n) is 8.48. The van der Waals surface area contributed by atoms with E-state index in [-0.39, 0.29) is 6.04 Å². The molecule has 2 aromatic carbocycles. The lowest BCUT2D eigenvalue weighted by Gasteiger charge is -2.40. The lowest BCUT2D eigenvalue weighted by molar-refractivity contribution is 0.0663. The van der Waals surface area contributed by atoms with Crippen molar-refractivity contribution in [2.45, 2.75) is 13.0 Å². The Morgan fingerprint density at radius 2 is 1.80 bits per heavy atom. The molecule has 4 heterocycles. The normalized spacial score (nSPS) is 16.4. The van der Waals surface area contributed by atoms with E-state index in [2.05, 4.69) is 15.1 Å². The molecule has 1 fully saturated rings. The van der Waals surface area contributed by atoms with Crippen LogP contribution in [-0.2, 0) is 0 Å². The Bertz CT molecular complexity index is 1550. The Labute approximate surface area is 203 Å². The zero-order valence-corrected chi connectivity index (χ0v) is 19.5. The quantitative estimate of drug-likeness (QED) is 0.369. The number of fused-ring (bicyclic) bond motifs is 3. The minimum atomic E-state index is -0.854. The molecule has 0 aliphatic carbocycles. The van der Waals surface area contributed by atoms with Gasteiger partial charge in [0.2, 0.25) is 5.95 Å². The summed E-state index contributed by atoms with van der Waals surface area (Å²) in [5.41, 5.74) is 0.978. The number of hydrogen-bond donors (Lipinski definition) is 0. The molecule has 0 unspecified atom stereocenters. The second-order valence-corrected chi connectivity index (χ2v) is 9.43. The Kier molecular flexibility index (Phi) is 5.18. The van der Waals surface area contributed by atoms with Crippen LogP contribution in [0.15, 0.2) is 60.0 Å². The molecule has 35 heavy (non-hydrogen) atoms. The molecule has 176 valence electrons. The van der Waals surface area contributed by atoms with Crippen molar-refractivity contribution in [2.24, 2.45) is 0 Å². The maximum Gasteiger partial charge on any atom is 0.260 e. The van der Waals surface area contributed by atoms with Crippen molar-refractivity contribution in [2.75, 3.05) is 24.5 Å². The molecule has 1 aliphatic heterocycles. The monoisotopic (exact) mass is 490 g/mol. The average molecular weight is 491 g/mol. The van der Waals surface area contributed by atoms with Gasteiger partial charge in [0.1, 0.15) is 17.2 Å². The van der Waals surface area contributed by atoms with Gasteiger partial charge in [0.05, 0.1) is 10.4 Å². The van der Waals surface area contributed by atoms with Crippen LogP contribution in [0.3, 0.4) is 0 Å². The summed E-state index contributed by atoms with van der Waals surface area (Å²) in [5.74, 6) is -0.987. The Balaban J connectivity index is 1.40. The van der Waals surface area contributed by atoms with Gasteiger partial charge < -0.3 is 9.80 Å². The van der Waals surface area contributed by atoms with Gasteiger partial charge in [-0.05, 0) is 42.6 Å². The number of thiophene rings is 1. The number of carbonyl (C=O) groups is 1. The fourth-order valence-corrected chi connectivity index (χ4v) is 5.33. The van der Waals surface area contributed by atoms with E-state index in [1.54, 1.807) is 11.3 Å². The first-order valence-corrected chi connectivity index (χ1v) is 12.1. The highest BCUT2D eigenvalue weighted by atomic mass is 32.1. The van der Waals surface area contributed by atoms with Crippen molar-refractivity contribution in [3.05, 3.63) is 77.2 Å². The lowest BCUT2D eigenvalue weighted by Crippen LogP contribution is -2.55. The summed E-state index contributed by atoms with van der Waals surface area (Å²) in [6, 6.07) is 14.9. The third-order valence-corrected chi connectivity index (χ3v) is 7.18. The van der Waals surface area contributed by atoms with Crippen molar-refractivity contribution in [3.8, 4) is 10.7 Å². The zero-order chi connectivity index (χ0) is 24.1. The van der Waals surface area contributed by atoms with Gasteiger partial charge >= 0.3 is 0 Å². The third-order valence-electron chi connectivity index (χ3n) is 6.32. The van der Waals surface area contributed by atoms with Gasteiger partial charge in [-0.1, -0.05) is 24.3 Å². The summed E-state index contributed by atoms with van der Waals surface area (Å²) in [7, 11) is 0. The number of hydrogen-bond acceptors (Lipinski definition) is 6. The van der Waals surface area contributed by atoms with Gasteiger partial charge in [0, 0.05) is 31.1 Å². The van der Waals surface area contributed by atoms with E-state index in [4.69, 9.17) is 4.98 Å². The van der Waals surface area contributed by atoms with Crippen LogP contribution in [0, 0.1) is 11.6 Å². The molecule has 1 saturated heterocycles. The summed E-state index contributed by atoms with van der Waals surface area (Å²) in [6.07, 6.45) is 0. The average Bonchev–Trinajstić information content (AvgIpc) is 3.53. The summed E-state index contributed by atoms with van der Waals surface area (Å²) in [5, 5.41) is 11.8. The van der Waals surface area contributed by atoms with Gasteiger partial charge in [-0.15, -0.1) is 21.5 Å². The van der Waals surface area contributed by atoms with E-state index in [0.29, 0.717) is 37.1 Å². The van der Waals surface area contributed by atoms with Crippen LogP contribution in [0.5, 0.6) is 0 Å². The molecule has 1 aliphatic rings. The van der Waals surface area contributed by atoms with Crippen LogP contribution in [0.25, 0.3) is 27.3 Å². The summed E-state index contributed by atoms with van der Waals surface area (Å²) >= 11 is 1.57. The fourth-order valence-electron chi connectivity index (χ4n) is 4.63. The van der Waals surface area contributed by atoms with Gasteiger partial charge in [-0.2, -0.15) is 0 Å². The third kappa shape index (κ3) is 3.52. The SMILES string of the molecule is C[C@H]1CN(c2nc3ccccc3c3nnc(-c4cccs4)n23)CCN1C(=O)c1c(F)cccc1F. The van der Waals surface area contributed by atoms with E-state index in [1.165, 1.54) is 11.0 Å². The maximum absolute atomic E-state index is 14.3. The maximum atomic E-state index is 14.3. The van der Waals surface area contributed by atoms with Crippen molar-refractivity contribution < 1.29 is 13.6 Å². The van der Waals surface area contributed by atoms with Crippen molar-refractivity contribution >= 4 is 39.7 Å². The molecule has 5 aromatic rings. The summed E-state index contributed by atoms with van der Waals surface area (Å²) in [4.78, 5) is 22.5. The number of piperazine rings is 1. The van der Waals surface area contributed by atoms with Gasteiger partial charge in [-0.3, -0.25) is 4.79 Å². The number of nitrogens with zero attached hydrogens (tertiary/aromatic N) is 6. The van der Waals surface area contributed by atoms with E-state index >= 15 is 0 Å². The van der Waals surface area contributed by atoms with Crippen molar-refractivity contribution in [1.29, 1.82) is 0 Å². The van der Waals surface area contributed by atoms with Crippen molar-refractivity contribution in [3.63, 3.8) is 0 Å². The number of benzene rings is 2. The molecule has 0 bridgehead atoms. The van der Waals surface area contributed by atoms with E-state index in [0.717, 1.165) is 27.9 Å². The van der Waals surface area contributed by atoms with Crippen LogP contribution in [0.4, 0.5) is 14.7 Å². The van der Waals surface area contributed by atoms with Crippen molar-refractivity contribution in [1.82, 2.24) is 24.5 Å². The topological polar surface area (TPSA) is 66.6 Å². The van der Waals surface area contributed by atoms with E-state index < -0.39 is 23.1 Å². The molecule has 3 aromatic heterocycles. The Morgan fingerprint density at radius 1 is 1.00 bits per heavy atom. The highest BCUT2D eigenvalue weighted by Gasteiger charge is 2.33. The molecule has 0 N–H and O–H groups in total. The number of rotatable bonds is 3. The smallest absolute Gasteiger partial charge is 0.260 e. The minimum Gasteiger partial charge on any atom is -0.338 e. The number of anilines is 1. The summed E-state index contributed by atoms with van der Waals surface area (Å²) in [6.45, 7) is 3.03. The molecular weight excluding hydrogens is 470 g/mol. The van der Waals surface area contributed by atoms with Crippen LogP contribution in [0.1, 0.15) is 17.3 Å². The lowest BCUT2D eigenvalue weighted by atomic mass is 10.1. The molecule has 6 rings (SSSR count). The zero-order valence-electron chi connectivity index (χ0n) is 18.7. The van der Waals surface area contributed by atoms with E-state index in [9.17, 15) is 13.6 Å². The standard InChI is InChI=1S/C25H20F2N6OS/c1-15-14-31(11-12-32(15)24(34)21-17(26)7-4-8-18(21)27)25-28-19-9-3-2-6-16(19)22-29-30-23(33(22)25)20-10-5-13-35-20/h2-10,13,15H,11-12,14H2,1H3/t15-/m0/s1. The molecule has 0 saturated carbocycles. The van der Waals surface area contributed by atoms with Gasteiger partial charge in [0.25, 0.3) is 5.91 Å². The number of amides is 1. The van der Waals surface area contributed by atoms with Gasteiger partial charge in [-0.25, -0.2) is 18.2 Å². The van der Waals surface area contributed by atoms with Crippen LogP contribution < -0.4 is 4.90 Å². The number of carbonyl (C=O) groups excluding carboxylic acids is 1. The minimum absolute atomic E-state index is 0.292. The molecule has 10 heteroatoms. The van der Waals surface area contributed by atoms with Crippen LogP contribution in [0.2, 0.25) is 0 Å². The molecule has 0 spiro atoms. The number of para-hydroxylation sites is 1. The first-order chi connectivity index (χ1) is 17.0. The first kappa shape index (κ1) is 21.6. The largest absolute Gasteiger partial charge is 0.338 e. The van der Waals surface area contributed by atoms with Crippen LogP contribution in [-0.4, -0.2) is 56.1 Å². The van der Waals surface area contributed by atoms with Crippen LogP contribution >= 0.6 is 11.3 Å². The fraction of sp³-hybridized carbons (Fsp3) is 0.200. The first-order valence-electron chi connectivity index (χ1n) is 11.2. The van der Waals surface area contributed by atoms with Gasteiger partial charge in [0.15, 0.2) is 11.5 Å². The van der Waals surface area contributed by atoms with E-state index in [1.807, 2.05) is 53.1 Å². The Hall–Kier alpha value is -3.92. The Morgan fingerprint density at radius 3 is 2.54 bits per heavy atom. The molecule has 0 radical (unpaired) electrons. The highest BCUT2D eigenvalue weighted by Crippen LogP contribution is 2.31. The number of aromatic nitrogens is 4. The molecule has 1 atom stereocenters. The molecule has 7 nitrogen and oxygen atoms in total. The highest BCUT2D eigenvalue weighted by molar-refractivity contribution is 7.13.